The van der Waals surface area contributed by atoms with Gasteiger partial charge in [0.15, 0.2) is 23.0 Å². The fourth-order valence-corrected chi connectivity index (χ4v) is 7.17. The first-order chi connectivity index (χ1) is 36.9. The molecule has 22 nitrogen and oxygen atoms in total. The maximum absolute atomic E-state index is 13.2. The van der Waals surface area contributed by atoms with Crippen LogP contribution in [0.2, 0.25) is 15.3 Å². The normalized spacial score (nSPS) is 13.9. The highest BCUT2D eigenvalue weighted by Gasteiger charge is 2.45. The number of rotatable bonds is 7. The number of methoxy groups -OCH3 is 2. The average molecular weight is 1200 g/mol. The number of carboxylic acids is 1. The molecule has 0 unspecified atom stereocenters. The van der Waals surface area contributed by atoms with Crippen LogP contribution in [0, 0.1) is 27.7 Å². The summed E-state index contributed by atoms with van der Waals surface area (Å²) in [4.78, 5) is 44.1. The number of nitrogen functional groups attached to an aromatic ring is 1. The number of likely N-dealkylation sites (N-methyl/N-ethyl adjacent to an activating group) is 1. The van der Waals surface area contributed by atoms with Crippen molar-refractivity contribution >= 4 is 81.5 Å². The van der Waals surface area contributed by atoms with Crippen molar-refractivity contribution in [1.82, 2.24) is 40.1 Å². The predicted octanol–water partition coefficient (Wildman–Crippen LogP) is 10.8. The van der Waals surface area contributed by atoms with E-state index in [2.05, 4.69) is 76.0 Å². The SMILES string of the molecule is CN1CCOCC1.COc1nc(Cl)nc(OC)n1.Cc1noc(C)c1C(=O)Nc1ccc(-c2cc3c(cc2Cl)OC(F)(F)O3)cn1.Cc1noc(C)c1C(=O)O.ClCCl.Nc1ccc(-c2cc3c(cc2Cl)OC(F)(F)O3)cn1. The van der Waals surface area contributed by atoms with Gasteiger partial charge in [0.25, 0.3) is 5.91 Å². The van der Waals surface area contributed by atoms with E-state index in [1.807, 2.05) is 0 Å². The van der Waals surface area contributed by atoms with Gasteiger partial charge in [0.2, 0.25) is 5.28 Å². The van der Waals surface area contributed by atoms with Crippen LogP contribution in [0.5, 0.6) is 35.0 Å². The Balaban J connectivity index is 0.000000193. The summed E-state index contributed by atoms with van der Waals surface area (Å²) >= 11 is 27.2. The molecule has 10 rings (SSSR count). The van der Waals surface area contributed by atoms with E-state index in [1.54, 1.807) is 52.0 Å². The van der Waals surface area contributed by atoms with Crippen molar-refractivity contribution in [3.05, 3.63) is 110 Å². The standard InChI is InChI=1S/C18H12ClF2N3O4.C12H7ClF2N2O2.C6H7NO3.C5H6ClN3O2.C5H11NO.CH2Cl2/c1-8-16(9(2)28-24-8)17(25)23-15-4-3-10(7-22-15)11-5-13-14(6-12(11)19)27-18(20,21)26-13;13-8-4-10-9(18-12(14,15)19-10)3-7(8)6-1-2-11(16)17-5-6;1-3-5(6(8)9)4(2)10-7-3;1-10-4-7-3(6)8-5(9-4)11-2;1-6-2-4-7-5-3-6;2-1-3/h3-7H,1-2H3,(H,22,23,25);1-5H,(H2,16,17);1-2H3,(H,8,9);1-2H3;2-5H2,1H3;1H2. The van der Waals surface area contributed by atoms with Crippen LogP contribution < -0.4 is 39.5 Å². The molecule has 0 aliphatic carbocycles. The number of fused-ring (bicyclic) bond motifs is 2. The lowest BCUT2D eigenvalue weighted by molar-refractivity contribution is -0.287. The molecular weight excluding hydrogens is 1150 g/mol. The number of aryl methyl sites for hydroxylation is 4. The summed E-state index contributed by atoms with van der Waals surface area (Å²) < 4.78 is 93.9. The lowest BCUT2D eigenvalue weighted by atomic mass is 10.1. The second kappa shape index (κ2) is 27.9. The third-order valence-electron chi connectivity index (χ3n) is 10.1. The number of pyridine rings is 2. The molecule has 0 bridgehead atoms. The van der Waals surface area contributed by atoms with E-state index in [-0.39, 0.29) is 67.1 Å². The number of benzene rings is 2. The van der Waals surface area contributed by atoms with Gasteiger partial charge in [-0.2, -0.15) is 9.97 Å². The third kappa shape index (κ3) is 17.4. The number of carbonyl (C=O) groups is 2. The zero-order valence-corrected chi connectivity index (χ0v) is 45.6. The Bertz CT molecular complexity index is 3100. The molecule has 2 aromatic carbocycles. The molecule has 0 spiro atoms. The number of hydrogen-bond acceptors (Lipinski definition) is 20. The molecule has 1 saturated heterocycles. The zero-order chi connectivity index (χ0) is 57.5. The number of nitrogens with one attached hydrogen (secondary N) is 1. The van der Waals surface area contributed by atoms with Crippen LogP contribution in [-0.4, -0.2) is 123 Å². The van der Waals surface area contributed by atoms with E-state index < -0.39 is 24.5 Å². The van der Waals surface area contributed by atoms with Crippen LogP contribution in [0.25, 0.3) is 22.3 Å². The number of nitrogens with two attached hydrogens (primary N) is 1. The molecule has 8 heterocycles. The fraction of sp³-hybridized carbons (Fsp3) is 0.298. The Labute approximate surface area is 465 Å². The highest BCUT2D eigenvalue weighted by molar-refractivity contribution is 6.40. The van der Waals surface area contributed by atoms with Crippen molar-refractivity contribution in [2.45, 2.75) is 40.3 Å². The molecule has 5 aromatic heterocycles. The van der Waals surface area contributed by atoms with Crippen molar-refractivity contribution < 1.29 is 74.5 Å². The van der Waals surface area contributed by atoms with E-state index in [0.29, 0.717) is 56.5 Å². The highest BCUT2D eigenvalue weighted by atomic mass is 35.5. The molecule has 0 radical (unpaired) electrons. The van der Waals surface area contributed by atoms with Gasteiger partial charge in [-0.05, 0) is 82.7 Å². The van der Waals surface area contributed by atoms with Crippen LogP contribution in [-0.2, 0) is 4.74 Å². The lowest BCUT2D eigenvalue weighted by Gasteiger charge is -2.21. The molecule has 4 N–H and O–H groups in total. The van der Waals surface area contributed by atoms with Crippen LogP contribution >= 0.6 is 58.0 Å². The Hall–Kier alpha value is -7.20. The summed E-state index contributed by atoms with van der Waals surface area (Å²) in [6.07, 6.45) is -4.44. The molecule has 3 aliphatic rings. The number of carbonyl (C=O) groups excluding carboxylic acids is 1. The smallest absolute Gasteiger partial charge is 0.477 e. The molecule has 31 heteroatoms. The summed E-state index contributed by atoms with van der Waals surface area (Å²) in [5.74, 6) is -0.431. The first kappa shape index (κ1) is 61.7. The van der Waals surface area contributed by atoms with Crippen molar-refractivity contribution in [2.24, 2.45) is 0 Å². The quantitative estimate of drug-likeness (QED) is 0.0988. The van der Waals surface area contributed by atoms with Gasteiger partial charge in [0, 0.05) is 59.9 Å². The molecule has 3 aliphatic heterocycles. The number of aromatic carboxylic acids is 1. The van der Waals surface area contributed by atoms with Crippen LogP contribution in [0.1, 0.15) is 43.6 Å². The monoisotopic (exact) mass is 1190 g/mol. The number of ether oxygens (including phenoxy) is 7. The van der Waals surface area contributed by atoms with Gasteiger partial charge in [-0.25, -0.2) is 14.8 Å². The number of amides is 1. The maximum Gasteiger partial charge on any atom is 0.586 e. The molecular formula is C47H45Cl5F4N10O12. The largest absolute Gasteiger partial charge is 0.586 e. The number of carboxylic acid groups (broad SMARTS) is 1. The number of halogens is 9. The molecule has 78 heavy (non-hydrogen) atoms. The van der Waals surface area contributed by atoms with Gasteiger partial charge >= 0.3 is 30.6 Å². The second-order valence-corrected chi connectivity index (χ2v) is 17.5. The van der Waals surface area contributed by atoms with Gasteiger partial charge in [0.1, 0.15) is 34.3 Å². The zero-order valence-electron chi connectivity index (χ0n) is 41.8. The van der Waals surface area contributed by atoms with Gasteiger partial charge in [0.05, 0.1) is 54.2 Å². The molecule has 1 amide bonds. The second-order valence-electron chi connectivity index (χ2n) is 15.5. The maximum atomic E-state index is 13.2. The number of hydrogen-bond donors (Lipinski definition) is 3. The first-order valence-electron chi connectivity index (χ1n) is 22.0. The predicted molar refractivity (Wildman–Crippen MR) is 276 cm³/mol. The van der Waals surface area contributed by atoms with Crippen LogP contribution in [0.15, 0.2) is 70.0 Å². The lowest BCUT2D eigenvalue weighted by Crippen LogP contribution is -2.32. The minimum Gasteiger partial charge on any atom is -0.477 e. The minimum absolute atomic E-state index is 0.0497. The Kier molecular flexibility index (Phi) is 22.1. The van der Waals surface area contributed by atoms with E-state index in [1.165, 1.54) is 50.9 Å². The van der Waals surface area contributed by atoms with Gasteiger partial charge in [-0.15, -0.1) is 45.7 Å². The van der Waals surface area contributed by atoms with E-state index >= 15 is 0 Å². The number of aromatic nitrogens is 7. The van der Waals surface area contributed by atoms with Crippen molar-refractivity contribution in [3.63, 3.8) is 0 Å². The van der Waals surface area contributed by atoms with Gasteiger partial charge < -0.3 is 63.3 Å². The summed E-state index contributed by atoms with van der Waals surface area (Å²) in [5.41, 5.74) is 9.00. The number of alkyl halides is 6. The molecule has 0 saturated carbocycles. The fourth-order valence-electron chi connectivity index (χ4n) is 6.50. The summed E-state index contributed by atoms with van der Waals surface area (Å²) in [5, 5.41) is 19.1. The number of anilines is 2. The number of morpholine rings is 1. The highest BCUT2D eigenvalue weighted by Crippen LogP contribution is 2.47. The van der Waals surface area contributed by atoms with Crippen LogP contribution in [0.4, 0.5) is 29.2 Å². The molecule has 0 atom stereocenters. The molecule has 418 valence electrons. The van der Waals surface area contributed by atoms with Crippen molar-refractivity contribution in [3.8, 4) is 57.3 Å². The van der Waals surface area contributed by atoms with Crippen molar-refractivity contribution in [2.75, 3.05) is 64.0 Å². The van der Waals surface area contributed by atoms with Crippen molar-refractivity contribution in [1.29, 1.82) is 0 Å². The summed E-state index contributed by atoms with van der Waals surface area (Å²) in [6, 6.07) is 12.0. The Morgan fingerprint density at radius 1 is 0.705 bits per heavy atom. The Morgan fingerprint density at radius 2 is 1.14 bits per heavy atom. The first-order valence-corrected chi connectivity index (χ1v) is 24.2. The molecule has 1 fully saturated rings. The van der Waals surface area contributed by atoms with Crippen LogP contribution in [0.3, 0.4) is 0 Å². The summed E-state index contributed by atoms with van der Waals surface area (Å²) in [6.45, 7) is 10.5. The summed E-state index contributed by atoms with van der Waals surface area (Å²) in [7, 11) is 4.98. The van der Waals surface area contributed by atoms with E-state index in [9.17, 15) is 27.2 Å². The number of nitrogens with zero attached hydrogens (tertiary/aromatic N) is 8. The Morgan fingerprint density at radius 3 is 1.49 bits per heavy atom. The van der Waals surface area contributed by atoms with E-state index in [0.717, 1.165) is 26.3 Å². The topological polar surface area (TPSA) is 277 Å². The average Bonchev–Trinajstić information content (AvgIpc) is 4.12. The van der Waals surface area contributed by atoms with E-state index in [4.69, 9.17) is 87.6 Å². The third-order valence-corrected chi connectivity index (χ3v) is 10.9. The van der Waals surface area contributed by atoms with Gasteiger partial charge in [-0.1, -0.05) is 33.5 Å². The van der Waals surface area contributed by atoms with Gasteiger partial charge in [-0.3, -0.25) is 4.79 Å². The molecule has 7 aromatic rings. The minimum atomic E-state index is -3.73.